The molecule has 0 aliphatic rings. The molecule has 25 heavy (non-hydrogen) atoms. The smallest absolute Gasteiger partial charge is 0.256 e. The van der Waals surface area contributed by atoms with Crippen LogP contribution < -0.4 is 5.32 Å². The Hall–Kier alpha value is -3.29. The number of amides is 2. The molecule has 0 unspecified atom stereocenters. The van der Waals surface area contributed by atoms with Crippen molar-refractivity contribution in [3.05, 3.63) is 59.9 Å². The molecule has 2 heterocycles. The number of carbonyl (C=O) groups is 2. The molecule has 2 aromatic heterocycles. The number of carbonyl (C=O) groups excluding carboxylic acids is 2. The molecule has 0 aliphatic heterocycles. The molecule has 8 heteroatoms. The van der Waals surface area contributed by atoms with Crippen molar-refractivity contribution in [3.63, 3.8) is 0 Å². The Morgan fingerprint density at radius 1 is 1.24 bits per heavy atom. The van der Waals surface area contributed by atoms with Crippen LogP contribution in [0.15, 0.2) is 42.7 Å². The third-order valence-corrected chi connectivity index (χ3v) is 3.56. The number of aromatic nitrogens is 2. The zero-order valence-corrected chi connectivity index (χ0v) is 13.2. The molecule has 0 saturated heterocycles. The molecule has 128 valence electrons. The highest BCUT2D eigenvalue weighted by molar-refractivity contribution is 6.07. The molecule has 2 amide bonds. The van der Waals surface area contributed by atoms with E-state index in [-0.39, 0.29) is 18.1 Å². The van der Waals surface area contributed by atoms with Crippen LogP contribution in [0.3, 0.4) is 0 Å². The number of hydrogen-bond acceptors (Lipinski definition) is 3. The average molecular weight is 344 g/mol. The van der Waals surface area contributed by atoms with Gasteiger partial charge in [0.25, 0.3) is 5.91 Å². The summed E-state index contributed by atoms with van der Waals surface area (Å²) >= 11 is 0. The van der Waals surface area contributed by atoms with E-state index in [2.05, 4.69) is 15.3 Å². The van der Waals surface area contributed by atoms with Gasteiger partial charge in [-0.3, -0.25) is 9.59 Å². The van der Waals surface area contributed by atoms with Gasteiger partial charge in [-0.15, -0.1) is 0 Å². The maximum absolute atomic E-state index is 13.1. The lowest BCUT2D eigenvalue weighted by molar-refractivity contribution is -0.116. The van der Waals surface area contributed by atoms with Crippen LogP contribution in [-0.2, 0) is 4.79 Å². The summed E-state index contributed by atoms with van der Waals surface area (Å²) in [6.07, 6.45) is 3.12. The minimum absolute atomic E-state index is 0.0142. The number of anilines is 1. The van der Waals surface area contributed by atoms with Gasteiger partial charge in [-0.05, 0) is 24.3 Å². The first-order chi connectivity index (χ1) is 11.9. The molecule has 0 aliphatic carbocycles. The van der Waals surface area contributed by atoms with E-state index in [1.807, 2.05) is 0 Å². The normalized spacial score (nSPS) is 10.7. The second-order valence-corrected chi connectivity index (χ2v) is 5.47. The summed E-state index contributed by atoms with van der Waals surface area (Å²) in [4.78, 5) is 32.7. The number of halogens is 2. The Morgan fingerprint density at radius 2 is 1.96 bits per heavy atom. The lowest BCUT2D eigenvalue weighted by Crippen LogP contribution is -2.34. The zero-order valence-electron chi connectivity index (χ0n) is 13.2. The van der Waals surface area contributed by atoms with Gasteiger partial charge >= 0.3 is 0 Å². The topological polar surface area (TPSA) is 78.1 Å². The molecule has 3 aromatic rings. The molecular formula is C17H14F2N4O2. The van der Waals surface area contributed by atoms with Crippen LogP contribution in [-0.4, -0.2) is 40.3 Å². The fourth-order valence-electron chi connectivity index (χ4n) is 2.45. The summed E-state index contributed by atoms with van der Waals surface area (Å²) in [5, 5.41) is 3.00. The highest BCUT2D eigenvalue weighted by Crippen LogP contribution is 2.17. The van der Waals surface area contributed by atoms with E-state index in [0.29, 0.717) is 22.7 Å². The third-order valence-electron chi connectivity index (χ3n) is 3.56. The highest BCUT2D eigenvalue weighted by atomic mass is 19.1. The monoisotopic (exact) mass is 344 g/mol. The number of rotatable bonds is 4. The van der Waals surface area contributed by atoms with Crippen LogP contribution in [0.4, 0.5) is 14.5 Å². The molecule has 0 radical (unpaired) electrons. The van der Waals surface area contributed by atoms with E-state index in [1.54, 1.807) is 18.3 Å². The van der Waals surface area contributed by atoms with Crippen LogP contribution in [0.25, 0.3) is 11.0 Å². The van der Waals surface area contributed by atoms with Crippen molar-refractivity contribution in [2.24, 2.45) is 0 Å². The molecule has 0 saturated carbocycles. The first kappa shape index (κ1) is 16.6. The minimum Gasteiger partial charge on any atom is -0.345 e. The van der Waals surface area contributed by atoms with E-state index in [1.165, 1.54) is 18.1 Å². The molecule has 6 nitrogen and oxygen atoms in total. The lowest BCUT2D eigenvalue weighted by atomic mass is 10.2. The molecule has 0 atom stereocenters. The standard InChI is InChI=1S/C17H14F2N4O2/c1-23(9-15(24)22-12-6-10(18)5-11(19)7-12)17(25)14-8-21-16-13(14)3-2-4-20-16/h2-8H,9H2,1H3,(H,20,21)(H,22,24). The fourth-order valence-corrected chi connectivity index (χ4v) is 2.45. The molecule has 0 bridgehead atoms. The van der Waals surface area contributed by atoms with Gasteiger partial charge in [0.05, 0.1) is 12.1 Å². The van der Waals surface area contributed by atoms with Gasteiger partial charge in [0.1, 0.15) is 17.3 Å². The van der Waals surface area contributed by atoms with Crippen molar-refractivity contribution >= 4 is 28.5 Å². The quantitative estimate of drug-likeness (QED) is 0.763. The van der Waals surface area contributed by atoms with Gasteiger partial charge in [-0.1, -0.05) is 0 Å². The first-order valence-corrected chi connectivity index (χ1v) is 7.37. The number of likely N-dealkylation sites (N-methyl/N-ethyl adjacent to an activating group) is 1. The number of hydrogen-bond donors (Lipinski definition) is 2. The SMILES string of the molecule is CN(CC(=O)Nc1cc(F)cc(F)c1)C(=O)c1c[nH]c2ncccc12. The van der Waals surface area contributed by atoms with Gasteiger partial charge in [0.2, 0.25) is 5.91 Å². The molecule has 3 rings (SSSR count). The second-order valence-electron chi connectivity index (χ2n) is 5.47. The highest BCUT2D eigenvalue weighted by Gasteiger charge is 2.19. The van der Waals surface area contributed by atoms with Gasteiger partial charge in [-0.2, -0.15) is 0 Å². The van der Waals surface area contributed by atoms with Crippen molar-refractivity contribution in [2.75, 3.05) is 18.9 Å². The maximum atomic E-state index is 13.1. The number of aromatic amines is 1. The molecule has 0 fully saturated rings. The van der Waals surface area contributed by atoms with Crippen molar-refractivity contribution in [1.29, 1.82) is 0 Å². The van der Waals surface area contributed by atoms with Gasteiger partial charge in [0.15, 0.2) is 0 Å². The van der Waals surface area contributed by atoms with Crippen LogP contribution in [0, 0.1) is 11.6 Å². The van der Waals surface area contributed by atoms with Crippen molar-refractivity contribution < 1.29 is 18.4 Å². The van der Waals surface area contributed by atoms with Crippen LogP contribution in [0.5, 0.6) is 0 Å². The molecule has 0 spiro atoms. The molecule has 2 N–H and O–H groups in total. The van der Waals surface area contributed by atoms with E-state index in [4.69, 9.17) is 0 Å². The predicted molar refractivity (Wildman–Crippen MR) is 88.0 cm³/mol. The van der Waals surface area contributed by atoms with Crippen LogP contribution in [0.1, 0.15) is 10.4 Å². The van der Waals surface area contributed by atoms with E-state index in [9.17, 15) is 18.4 Å². The third kappa shape index (κ3) is 3.63. The number of benzene rings is 1. The van der Waals surface area contributed by atoms with Gasteiger partial charge in [0, 0.05) is 36.6 Å². The Bertz CT molecular complexity index is 934. The molecule has 1 aromatic carbocycles. The number of fused-ring (bicyclic) bond motifs is 1. The number of pyridine rings is 1. The zero-order chi connectivity index (χ0) is 18.0. The summed E-state index contributed by atoms with van der Waals surface area (Å²) < 4.78 is 26.3. The summed E-state index contributed by atoms with van der Waals surface area (Å²) in [5.74, 6) is -2.55. The summed E-state index contributed by atoms with van der Waals surface area (Å²) in [6, 6.07) is 6.15. The Morgan fingerprint density at radius 3 is 2.68 bits per heavy atom. The maximum Gasteiger partial charge on any atom is 0.256 e. The van der Waals surface area contributed by atoms with Crippen molar-refractivity contribution in [3.8, 4) is 0 Å². The first-order valence-electron chi connectivity index (χ1n) is 7.37. The van der Waals surface area contributed by atoms with Gasteiger partial charge < -0.3 is 15.2 Å². The minimum atomic E-state index is -0.800. The van der Waals surface area contributed by atoms with Crippen molar-refractivity contribution in [1.82, 2.24) is 14.9 Å². The van der Waals surface area contributed by atoms with Crippen LogP contribution >= 0.6 is 0 Å². The lowest BCUT2D eigenvalue weighted by Gasteiger charge is -2.16. The van der Waals surface area contributed by atoms with Crippen molar-refractivity contribution in [2.45, 2.75) is 0 Å². The fraction of sp³-hybridized carbons (Fsp3) is 0.118. The van der Waals surface area contributed by atoms with E-state index >= 15 is 0 Å². The second kappa shape index (κ2) is 6.68. The predicted octanol–water partition coefficient (Wildman–Crippen LogP) is 2.55. The number of nitrogens with one attached hydrogen (secondary N) is 2. The number of H-pyrrole nitrogens is 1. The van der Waals surface area contributed by atoms with Crippen LogP contribution in [0.2, 0.25) is 0 Å². The molecular weight excluding hydrogens is 330 g/mol. The Kier molecular flexibility index (Phi) is 4.42. The summed E-state index contributed by atoms with van der Waals surface area (Å²) in [5.41, 5.74) is 0.939. The summed E-state index contributed by atoms with van der Waals surface area (Å²) in [6.45, 7) is -0.274. The number of nitrogens with zero attached hydrogens (tertiary/aromatic N) is 2. The van der Waals surface area contributed by atoms with E-state index < -0.39 is 17.5 Å². The Labute approximate surface area is 141 Å². The largest absolute Gasteiger partial charge is 0.345 e. The Balaban J connectivity index is 1.69. The summed E-state index contributed by atoms with van der Waals surface area (Å²) in [7, 11) is 1.46. The van der Waals surface area contributed by atoms with E-state index in [0.717, 1.165) is 12.1 Å². The average Bonchev–Trinajstić information content (AvgIpc) is 2.96. The van der Waals surface area contributed by atoms with Gasteiger partial charge in [-0.25, -0.2) is 13.8 Å².